The first kappa shape index (κ1) is 14.7. The fraction of sp³-hybridized carbons (Fsp3) is 0.875. The normalized spacial score (nSPS) is 11.7. The number of hydrogen-bond donors (Lipinski definition) is 0. The third kappa shape index (κ3) is 5.96. The average Bonchev–Trinajstić information content (AvgIpc) is 2.15. The highest BCUT2D eigenvalue weighted by molar-refractivity contribution is 7.89. The molecule has 0 aliphatic rings. The van der Waals surface area contributed by atoms with Crippen molar-refractivity contribution in [3.05, 3.63) is 0 Å². The molecular formula is C8H16ClNO4S. The smallest absolute Gasteiger partial charge is 0.321 e. The lowest BCUT2D eigenvalue weighted by molar-refractivity contribution is -0.143. The quantitative estimate of drug-likeness (QED) is 0.490. The highest BCUT2D eigenvalue weighted by Crippen LogP contribution is 2.01. The summed E-state index contributed by atoms with van der Waals surface area (Å²) < 4.78 is 28.6. The number of alkyl halides is 1. The van der Waals surface area contributed by atoms with Gasteiger partial charge in [-0.2, -0.15) is 4.31 Å². The molecule has 0 N–H and O–H groups in total. The number of rotatable bonds is 7. The highest BCUT2D eigenvalue weighted by atomic mass is 35.5. The van der Waals surface area contributed by atoms with Crippen LogP contribution in [0.2, 0.25) is 0 Å². The molecule has 0 aromatic carbocycles. The minimum atomic E-state index is -3.39. The molecule has 0 atom stereocenters. The third-order valence-corrected chi connectivity index (χ3v) is 3.82. The number of esters is 1. The van der Waals surface area contributed by atoms with E-state index in [1.807, 2.05) is 0 Å². The maximum absolute atomic E-state index is 11.5. The van der Waals surface area contributed by atoms with Crippen molar-refractivity contribution in [2.45, 2.75) is 13.3 Å². The van der Waals surface area contributed by atoms with Gasteiger partial charge in [0, 0.05) is 12.9 Å². The largest absolute Gasteiger partial charge is 0.465 e. The fourth-order valence-electron chi connectivity index (χ4n) is 0.880. The van der Waals surface area contributed by atoms with Gasteiger partial charge in [-0.25, -0.2) is 8.42 Å². The highest BCUT2D eigenvalue weighted by Gasteiger charge is 2.20. The molecule has 15 heavy (non-hydrogen) atoms. The molecule has 0 heterocycles. The molecule has 0 bridgehead atoms. The van der Waals surface area contributed by atoms with Crippen molar-refractivity contribution in [3.63, 3.8) is 0 Å². The van der Waals surface area contributed by atoms with Gasteiger partial charge in [-0.15, -0.1) is 11.6 Å². The molecule has 0 unspecified atom stereocenters. The summed E-state index contributed by atoms with van der Waals surface area (Å²) in [5.41, 5.74) is 0. The number of nitrogens with zero attached hydrogens (tertiary/aromatic N) is 1. The number of ether oxygens (including phenoxy) is 1. The van der Waals surface area contributed by atoms with Gasteiger partial charge in [0.15, 0.2) is 0 Å². The lowest BCUT2D eigenvalue weighted by atomic mass is 10.6. The van der Waals surface area contributed by atoms with E-state index >= 15 is 0 Å². The van der Waals surface area contributed by atoms with Crippen molar-refractivity contribution in [2.24, 2.45) is 0 Å². The van der Waals surface area contributed by atoms with Crippen molar-refractivity contribution in [1.29, 1.82) is 0 Å². The van der Waals surface area contributed by atoms with Crippen LogP contribution in [0.5, 0.6) is 0 Å². The Morgan fingerprint density at radius 1 is 1.47 bits per heavy atom. The van der Waals surface area contributed by atoms with Gasteiger partial charge in [0.2, 0.25) is 10.0 Å². The minimum absolute atomic E-state index is 0.0492. The van der Waals surface area contributed by atoms with Crippen molar-refractivity contribution in [3.8, 4) is 0 Å². The predicted molar refractivity (Wildman–Crippen MR) is 58.4 cm³/mol. The number of carbonyl (C=O) groups excluding carboxylic acids is 1. The number of hydrogen-bond acceptors (Lipinski definition) is 4. The second-order valence-electron chi connectivity index (χ2n) is 2.92. The van der Waals surface area contributed by atoms with E-state index in [0.717, 1.165) is 4.31 Å². The zero-order valence-electron chi connectivity index (χ0n) is 8.90. The van der Waals surface area contributed by atoms with Gasteiger partial charge in [0.05, 0.1) is 12.4 Å². The van der Waals surface area contributed by atoms with Gasteiger partial charge in [0.1, 0.15) is 6.54 Å². The Morgan fingerprint density at radius 2 is 2.07 bits per heavy atom. The second kappa shape index (κ2) is 7.03. The molecule has 90 valence electrons. The molecule has 0 radical (unpaired) electrons. The SMILES string of the molecule is CCOC(=O)CN(C)S(=O)(=O)CCCCl. The van der Waals surface area contributed by atoms with Crippen molar-refractivity contribution >= 4 is 27.6 Å². The Hall–Kier alpha value is -0.330. The average molecular weight is 258 g/mol. The standard InChI is InChI=1S/C8H16ClNO4S/c1-3-14-8(11)7-10(2)15(12,13)6-4-5-9/h3-7H2,1-2H3. The van der Waals surface area contributed by atoms with E-state index in [1.165, 1.54) is 7.05 Å². The molecule has 0 amide bonds. The Morgan fingerprint density at radius 3 is 2.53 bits per heavy atom. The summed E-state index contributed by atoms with van der Waals surface area (Å²) in [4.78, 5) is 11.0. The van der Waals surface area contributed by atoms with Crippen LogP contribution in [-0.2, 0) is 19.6 Å². The molecule has 0 rings (SSSR count). The van der Waals surface area contributed by atoms with Gasteiger partial charge >= 0.3 is 5.97 Å². The molecule has 0 fully saturated rings. The summed E-state index contributed by atoms with van der Waals surface area (Å²) in [6, 6.07) is 0. The van der Waals surface area contributed by atoms with Gasteiger partial charge < -0.3 is 4.74 Å². The van der Waals surface area contributed by atoms with Crippen LogP contribution >= 0.6 is 11.6 Å². The lowest BCUT2D eigenvalue weighted by Crippen LogP contribution is -2.34. The number of halogens is 1. The van der Waals surface area contributed by atoms with Crippen LogP contribution in [0.3, 0.4) is 0 Å². The van der Waals surface area contributed by atoms with E-state index in [4.69, 9.17) is 11.6 Å². The van der Waals surface area contributed by atoms with Gasteiger partial charge in [0.25, 0.3) is 0 Å². The topological polar surface area (TPSA) is 63.7 Å². The van der Waals surface area contributed by atoms with Gasteiger partial charge in [-0.1, -0.05) is 0 Å². The molecule has 0 aromatic heterocycles. The third-order valence-electron chi connectivity index (χ3n) is 1.67. The second-order valence-corrected chi connectivity index (χ2v) is 5.49. The minimum Gasteiger partial charge on any atom is -0.465 e. The summed E-state index contributed by atoms with van der Waals surface area (Å²) in [5, 5.41) is 0. The molecule has 0 saturated carbocycles. The summed E-state index contributed by atoms with van der Waals surface area (Å²) in [6.45, 7) is 1.66. The Kier molecular flexibility index (Phi) is 6.87. The lowest BCUT2D eigenvalue weighted by Gasteiger charge is -2.15. The molecule has 0 aromatic rings. The summed E-state index contributed by atoms with van der Waals surface area (Å²) in [6.07, 6.45) is 0.372. The van der Waals surface area contributed by atoms with Gasteiger partial charge in [-0.3, -0.25) is 4.79 Å². The van der Waals surface area contributed by atoms with Crippen LogP contribution in [0.25, 0.3) is 0 Å². The number of carbonyl (C=O) groups is 1. The number of sulfonamides is 1. The van der Waals surface area contributed by atoms with Crippen molar-refractivity contribution < 1.29 is 17.9 Å². The first-order chi connectivity index (χ1) is 6.94. The zero-order valence-corrected chi connectivity index (χ0v) is 10.5. The zero-order chi connectivity index (χ0) is 11.9. The molecule has 5 nitrogen and oxygen atoms in total. The maximum Gasteiger partial charge on any atom is 0.321 e. The van der Waals surface area contributed by atoms with E-state index < -0.39 is 16.0 Å². The predicted octanol–water partition coefficient (Wildman–Crippen LogP) is 0.440. The van der Waals surface area contributed by atoms with Crippen molar-refractivity contribution in [2.75, 3.05) is 31.8 Å². The van der Waals surface area contributed by atoms with Crippen LogP contribution in [0.15, 0.2) is 0 Å². The molecule has 0 aliphatic heterocycles. The van der Waals surface area contributed by atoms with E-state index in [9.17, 15) is 13.2 Å². The van der Waals surface area contributed by atoms with E-state index in [1.54, 1.807) is 6.92 Å². The number of likely N-dealkylation sites (N-methyl/N-ethyl adjacent to an activating group) is 1. The Balaban J connectivity index is 4.18. The van der Waals surface area contributed by atoms with E-state index in [2.05, 4.69) is 4.74 Å². The Bertz CT molecular complexity index is 291. The Labute approximate surface area is 95.4 Å². The van der Waals surface area contributed by atoms with E-state index in [0.29, 0.717) is 6.42 Å². The van der Waals surface area contributed by atoms with Crippen LogP contribution in [0, 0.1) is 0 Å². The van der Waals surface area contributed by atoms with Crippen LogP contribution in [0.1, 0.15) is 13.3 Å². The summed E-state index contributed by atoms with van der Waals surface area (Å²) >= 11 is 5.39. The first-order valence-electron chi connectivity index (χ1n) is 4.59. The van der Waals surface area contributed by atoms with Gasteiger partial charge in [-0.05, 0) is 13.3 Å². The molecule has 0 spiro atoms. The van der Waals surface area contributed by atoms with Crippen LogP contribution in [-0.4, -0.2) is 50.5 Å². The van der Waals surface area contributed by atoms with E-state index in [-0.39, 0.29) is 24.8 Å². The maximum atomic E-state index is 11.5. The molecule has 0 aliphatic carbocycles. The molecule has 7 heteroatoms. The monoisotopic (exact) mass is 257 g/mol. The van der Waals surface area contributed by atoms with Crippen molar-refractivity contribution in [1.82, 2.24) is 4.31 Å². The molecular weight excluding hydrogens is 242 g/mol. The molecule has 0 saturated heterocycles. The first-order valence-corrected chi connectivity index (χ1v) is 6.74. The van der Waals surface area contributed by atoms with Crippen LogP contribution < -0.4 is 0 Å². The summed E-state index contributed by atoms with van der Waals surface area (Å²) in [5.74, 6) is -0.312. The van der Waals surface area contributed by atoms with Crippen LogP contribution in [0.4, 0.5) is 0 Å². The summed E-state index contributed by atoms with van der Waals surface area (Å²) in [7, 11) is -2.04. The fourth-order valence-corrected chi connectivity index (χ4v) is 2.29.